The average Bonchev–Trinajstić information content (AvgIpc) is 1.61. The van der Waals surface area contributed by atoms with Crippen LogP contribution in [-0.4, -0.2) is 23.7 Å². The van der Waals surface area contributed by atoms with Gasteiger partial charge in [0.15, 0.2) is 0 Å². The molecule has 1 rings (SSSR count). The number of aliphatic hydroxyl groups is 1. The van der Waals surface area contributed by atoms with Crippen LogP contribution in [0.3, 0.4) is 0 Å². The molecule has 1 aliphatic rings. The summed E-state index contributed by atoms with van der Waals surface area (Å²) in [5.74, 6) is -0.255. The third-order valence-corrected chi connectivity index (χ3v) is 0.772. The van der Waals surface area contributed by atoms with Crippen molar-refractivity contribution < 1.29 is 9.90 Å². The minimum Gasteiger partial charge on any atom is -0.381 e. The third-order valence-electron chi connectivity index (χ3n) is 0.772. The summed E-state index contributed by atoms with van der Waals surface area (Å²) in [5, 5.41) is 10.7. The summed E-state index contributed by atoms with van der Waals surface area (Å²) >= 11 is 0. The van der Waals surface area contributed by atoms with Crippen LogP contribution in [0.2, 0.25) is 0 Å². The Hall–Kier alpha value is -0.570. The largest absolute Gasteiger partial charge is 0.381 e. The Morgan fingerprint density at radius 2 is 2.50 bits per heavy atom. The zero-order valence-corrected chi connectivity index (χ0v) is 3.14. The molecule has 0 aromatic rings. The van der Waals surface area contributed by atoms with Crippen LogP contribution in [-0.2, 0) is 4.79 Å². The van der Waals surface area contributed by atoms with E-state index in [0.29, 0.717) is 6.54 Å². The summed E-state index contributed by atoms with van der Waals surface area (Å²) in [6, 6.07) is 0. The number of carbonyl (C=O) groups is 1. The predicted octanol–water partition coefficient (Wildman–Crippen LogP) is -1.52. The summed E-state index contributed by atoms with van der Waals surface area (Å²) in [7, 11) is 0. The molecule has 2 N–H and O–H groups in total. The average molecular weight is 87.1 g/mol. The van der Waals surface area contributed by atoms with Gasteiger partial charge in [0.2, 0.25) is 0 Å². The monoisotopic (exact) mass is 87.0 g/mol. The summed E-state index contributed by atoms with van der Waals surface area (Å²) < 4.78 is 0. The number of amides is 1. The summed E-state index contributed by atoms with van der Waals surface area (Å²) in [4.78, 5) is 9.87. The van der Waals surface area contributed by atoms with Crippen molar-refractivity contribution in [2.45, 2.75) is 6.10 Å². The maximum Gasteiger partial charge on any atom is 0.250 e. The Morgan fingerprint density at radius 1 is 2.00 bits per heavy atom. The maximum atomic E-state index is 9.87. The lowest BCUT2D eigenvalue weighted by Gasteiger charge is -2.19. The molecule has 3 nitrogen and oxygen atoms in total. The number of carbonyl (C=O) groups excluding carboxylic acids is 1. The number of nitrogens with one attached hydrogen (secondary N) is 1. The third kappa shape index (κ3) is 0.285. The maximum absolute atomic E-state index is 9.87. The van der Waals surface area contributed by atoms with Crippen LogP contribution in [0, 0.1) is 0 Å². The highest BCUT2D eigenvalue weighted by Crippen LogP contribution is 1.89. The zero-order valence-electron chi connectivity index (χ0n) is 3.14. The van der Waals surface area contributed by atoms with E-state index in [4.69, 9.17) is 5.11 Å². The second-order valence-electron chi connectivity index (χ2n) is 1.26. The molecule has 1 heterocycles. The lowest BCUT2D eigenvalue weighted by Crippen LogP contribution is -2.52. The molecule has 0 aromatic carbocycles. The lowest BCUT2D eigenvalue weighted by molar-refractivity contribution is -0.136. The van der Waals surface area contributed by atoms with Crippen LogP contribution in [0.1, 0.15) is 0 Å². The molecule has 0 aliphatic carbocycles. The number of rotatable bonds is 0. The van der Waals surface area contributed by atoms with Crippen molar-refractivity contribution in [3.05, 3.63) is 0 Å². The van der Waals surface area contributed by atoms with E-state index in [0.717, 1.165) is 0 Å². The van der Waals surface area contributed by atoms with E-state index >= 15 is 0 Å². The van der Waals surface area contributed by atoms with Gasteiger partial charge in [-0.2, -0.15) is 0 Å². The smallest absolute Gasteiger partial charge is 0.250 e. The fourth-order valence-corrected chi connectivity index (χ4v) is 0.277. The Kier molecular flexibility index (Phi) is 0.569. The van der Waals surface area contributed by atoms with E-state index in [1.54, 1.807) is 0 Å². The molecule has 0 saturated carbocycles. The molecule has 1 fully saturated rings. The van der Waals surface area contributed by atoms with Gasteiger partial charge in [-0.25, -0.2) is 0 Å². The minimum atomic E-state index is -0.718. The van der Waals surface area contributed by atoms with Gasteiger partial charge in [0.05, 0.1) is 6.54 Å². The minimum absolute atomic E-state index is 0.255. The second-order valence-corrected chi connectivity index (χ2v) is 1.26. The van der Waals surface area contributed by atoms with Crippen LogP contribution in [0.5, 0.6) is 0 Å². The van der Waals surface area contributed by atoms with Gasteiger partial charge in [-0.05, 0) is 0 Å². The van der Waals surface area contributed by atoms with Gasteiger partial charge in [0.25, 0.3) is 5.91 Å². The first-order valence-corrected chi connectivity index (χ1v) is 1.76. The molecule has 1 aliphatic heterocycles. The molecule has 0 unspecified atom stereocenters. The van der Waals surface area contributed by atoms with Gasteiger partial charge < -0.3 is 10.4 Å². The first kappa shape index (κ1) is 3.61. The summed E-state index contributed by atoms with van der Waals surface area (Å²) in [5.41, 5.74) is 0. The molecule has 1 saturated heterocycles. The second kappa shape index (κ2) is 0.944. The summed E-state index contributed by atoms with van der Waals surface area (Å²) in [6.45, 7) is 0.429. The van der Waals surface area contributed by atoms with Crippen LogP contribution >= 0.6 is 0 Å². The van der Waals surface area contributed by atoms with Crippen LogP contribution < -0.4 is 5.32 Å². The van der Waals surface area contributed by atoms with Crippen molar-refractivity contribution in [2.75, 3.05) is 6.54 Å². The molecule has 6 heavy (non-hydrogen) atoms. The number of hydrogen-bond donors (Lipinski definition) is 2. The molecule has 1 atom stereocenters. The van der Waals surface area contributed by atoms with Crippen molar-refractivity contribution in [1.82, 2.24) is 5.32 Å². The van der Waals surface area contributed by atoms with Gasteiger partial charge in [-0.15, -0.1) is 0 Å². The van der Waals surface area contributed by atoms with Crippen molar-refractivity contribution in [3.63, 3.8) is 0 Å². The Bertz CT molecular complexity index is 80.9. The molecule has 0 bridgehead atoms. The Morgan fingerprint density at radius 3 is 2.50 bits per heavy atom. The topological polar surface area (TPSA) is 49.3 Å². The van der Waals surface area contributed by atoms with E-state index in [2.05, 4.69) is 5.32 Å². The standard InChI is InChI=1S/C3H5NO2/c5-2-1-4-3(2)6/h2,5H,1H2,(H,4,6)/t2-/m1/s1. The molecule has 34 valence electrons. The highest BCUT2D eigenvalue weighted by atomic mass is 16.3. The van der Waals surface area contributed by atoms with Gasteiger partial charge in [0.1, 0.15) is 6.10 Å². The van der Waals surface area contributed by atoms with Crippen LogP contribution in [0.4, 0.5) is 0 Å². The van der Waals surface area contributed by atoms with Gasteiger partial charge in [0, 0.05) is 0 Å². The molecule has 0 aromatic heterocycles. The number of β-amino-alcohol motifs (C(OH)–C–C–N with tert-alkyl or cyclic N) is 1. The first-order chi connectivity index (χ1) is 2.80. The van der Waals surface area contributed by atoms with Gasteiger partial charge >= 0.3 is 0 Å². The van der Waals surface area contributed by atoms with E-state index < -0.39 is 6.10 Å². The number of aliphatic hydroxyl groups excluding tert-OH is 1. The van der Waals surface area contributed by atoms with Crippen molar-refractivity contribution in [3.8, 4) is 0 Å². The van der Waals surface area contributed by atoms with E-state index in [9.17, 15) is 4.79 Å². The van der Waals surface area contributed by atoms with Gasteiger partial charge in [-0.3, -0.25) is 4.79 Å². The number of β-lactam (4-membered cyclic amide) rings is 1. The number of hydrogen-bond acceptors (Lipinski definition) is 2. The SMILES string of the molecule is O=C1NC[C@H]1O. The molecular formula is C3H5NO2. The molecule has 3 heteroatoms. The van der Waals surface area contributed by atoms with Crippen LogP contribution in [0.25, 0.3) is 0 Å². The van der Waals surface area contributed by atoms with Crippen molar-refractivity contribution in [1.29, 1.82) is 0 Å². The van der Waals surface area contributed by atoms with Crippen LogP contribution in [0.15, 0.2) is 0 Å². The zero-order chi connectivity index (χ0) is 4.57. The highest BCUT2D eigenvalue weighted by Gasteiger charge is 2.23. The first-order valence-electron chi connectivity index (χ1n) is 1.76. The van der Waals surface area contributed by atoms with Crippen molar-refractivity contribution >= 4 is 5.91 Å². The molecule has 0 spiro atoms. The fourth-order valence-electron chi connectivity index (χ4n) is 0.277. The van der Waals surface area contributed by atoms with E-state index in [1.807, 2.05) is 0 Å². The molecule has 0 radical (unpaired) electrons. The van der Waals surface area contributed by atoms with E-state index in [1.165, 1.54) is 0 Å². The quantitative estimate of drug-likeness (QED) is 0.352. The lowest BCUT2D eigenvalue weighted by atomic mass is 10.2. The Balaban J connectivity index is 2.39. The predicted molar refractivity (Wildman–Crippen MR) is 19.0 cm³/mol. The Labute approximate surface area is 35.0 Å². The molecule has 1 amide bonds. The normalized spacial score (nSPS) is 31.5. The van der Waals surface area contributed by atoms with Crippen molar-refractivity contribution in [2.24, 2.45) is 0 Å². The highest BCUT2D eigenvalue weighted by molar-refractivity contribution is 5.86. The van der Waals surface area contributed by atoms with Gasteiger partial charge in [-0.1, -0.05) is 0 Å². The van der Waals surface area contributed by atoms with E-state index in [-0.39, 0.29) is 5.91 Å². The molecular weight excluding hydrogens is 82.0 g/mol. The fraction of sp³-hybridized carbons (Fsp3) is 0.667. The summed E-state index contributed by atoms with van der Waals surface area (Å²) in [6.07, 6.45) is -0.718.